The van der Waals surface area contributed by atoms with Gasteiger partial charge in [-0.05, 0) is 44.4 Å². The highest BCUT2D eigenvalue weighted by Gasteiger charge is 2.55. The van der Waals surface area contributed by atoms with E-state index in [1.165, 1.54) is 28.0 Å². The maximum Gasteiger partial charge on any atom is 0.357 e. The molecule has 0 spiro atoms. The number of hydrogen-bond acceptors (Lipinski definition) is 7. The van der Waals surface area contributed by atoms with E-state index in [0.717, 1.165) is 4.88 Å². The molecule has 2 aromatic rings. The second-order valence-electron chi connectivity index (χ2n) is 8.86. The van der Waals surface area contributed by atoms with Crippen molar-refractivity contribution in [3.8, 4) is 0 Å². The molecule has 0 bridgehead atoms. The van der Waals surface area contributed by atoms with Crippen LogP contribution in [0.25, 0.3) is 0 Å². The zero-order valence-electron chi connectivity index (χ0n) is 19.0. The van der Waals surface area contributed by atoms with Gasteiger partial charge in [0.1, 0.15) is 17.0 Å². The standard InChI is InChI=1S/C24H25N3O5S2/c1-24(2,3)32-23(31)19-16(25-20(29)14-8-5-4-6-9-14)13-34-22-18(21(30)27(19)22)26-17(28)12-15-10-7-11-33-15/h4-11,18,22H,12-13H2,1-3H3,(H,25,29)(H,26,28)/t18?,22-/m1/s1. The van der Waals surface area contributed by atoms with Crippen molar-refractivity contribution in [2.24, 2.45) is 0 Å². The molecule has 1 unspecified atom stereocenters. The lowest BCUT2D eigenvalue weighted by molar-refractivity contribution is -0.159. The number of benzene rings is 1. The molecular weight excluding hydrogens is 474 g/mol. The third-order valence-electron chi connectivity index (χ3n) is 5.09. The van der Waals surface area contributed by atoms with Crippen LogP contribution in [0.5, 0.6) is 0 Å². The van der Waals surface area contributed by atoms with Gasteiger partial charge < -0.3 is 15.4 Å². The molecule has 0 radical (unpaired) electrons. The Morgan fingerprint density at radius 3 is 2.50 bits per heavy atom. The minimum absolute atomic E-state index is 0.0108. The van der Waals surface area contributed by atoms with Crippen molar-refractivity contribution in [3.63, 3.8) is 0 Å². The lowest BCUT2D eigenvalue weighted by atomic mass is 10.0. The molecule has 178 valence electrons. The third-order valence-corrected chi connectivity index (χ3v) is 7.25. The van der Waals surface area contributed by atoms with Crippen molar-refractivity contribution in [1.29, 1.82) is 0 Å². The number of carbonyl (C=O) groups is 4. The van der Waals surface area contributed by atoms with Crippen LogP contribution in [-0.4, -0.2) is 51.4 Å². The van der Waals surface area contributed by atoms with E-state index in [4.69, 9.17) is 4.74 Å². The zero-order chi connectivity index (χ0) is 24.5. The molecule has 2 aliphatic heterocycles. The number of ether oxygens (including phenoxy) is 1. The quantitative estimate of drug-likeness (QED) is 0.468. The van der Waals surface area contributed by atoms with E-state index in [2.05, 4.69) is 10.6 Å². The second kappa shape index (κ2) is 9.63. The predicted octanol–water partition coefficient (Wildman–Crippen LogP) is 2.67. The predicted molar refractivity (Wildman–Crippen MR) is 130 cm³/mol. The molecule has 1 saturated heterocycles. The minimum atomic E-state index is -0.791. The molecule has 34 heavy (non-hydrogen) atoms. The van der Waals surface area contributed by atoms with Gasteiger partial charge in [-0.25, -0.2) is 4.79 Å². The molecule has 3 heterocycles. The normalized spacial score (nSPS) is 19.7. The van der Waals surface area contributed by atoms with Gasteiger partial charge in [-0.3, -0.25) is 19.3 Å². The van der Waals surface area contributed by atoms with E-state index in [9.17, 15) is 19.2 Å². The highest BCUT2D eigenvalue weighted by molar-refractivity contribution is 8.00. The fraction of sp³-hybridized carbons (Fsp3) is 0.333. The number of nitrogens with one attached hydrogen (secondary N) is 2. The second-order valence-corrected chi connectivity index (χ2v) is 11.0. The van der Waals surface area contributed by atoms with Gasteiger partial charge in [0.05, 0.1) is 12.1 Å². The number of nitrogens with zero attached hydrogens (tertiary/aromatic N) is 1. The molecule has 3 amide bonds. The van der Waals surface area contributed by atoms with E-state index >= 15 is 0 Å². The molecule has 0 saturated carbocycles. The maximum atomic E-state index is 13.1. The first-order valence-corrected chi connectivity index (χ1v) is 12.7. The Labute approximate surface area is 205 Å². The van der Waals surface area contributed by atoms with Gasteiger partial charge in [0.2, 0.25) is 5.91 Å². The summed E-state index contributed by atoms with van der Waals surface area (Å²) in [5.74, 6) is -1.47. The average Bonchev–Trinajstić information content (AvgIpc) is 3.29. The topological polar surface area (TPSA) is 105 Å². The molecule has 4 rings (SSSR count). The first-order chi connectivity index (χ1) is 16.1. The largest absolute Gasteiger partial charge is 0.455 e. The van der Waals surface area contributed by atoms with Crippen molar-refractivity contribution in [1.82, 2.24) is 15.5 Å². The van der Waals surface area contributed by atoms with Crippen LogP contribution in [0.1, 0.15) is 36.0 Å². The maximum absolute atomic E-state index is 13.1. The van der Waals surface area contributed by atoms with Crippen LogP contribution in [-0.2, 0) is 25.5 Å². The average molecular weight is 500 g/mol. The van der Waals surface area contributed by atoms with Gasteiger partial charge >= 0.3 is 5.97 Å². The minimum Gasteiger partial charge on any atom is -0.455 e. The number of hydrogen-bond donors (Lipinski definition) is 2. The van der Waals surface area contributed by atoms with Crippen LogP contribution < -0.4 is 10.6 Å². The van der Waals surface area contributed by atoms with Gasteiger partial charge in [0.25, 0.3) is 11.8 Å². The SMILES string of the molecule is CC(C)(C)OC(=O)C1=C(NC(=O)c2ccccc2)CS[C@@H]2C(NC(=O)Cc3cccs3)C(=O)N12. The van der Waals surface area contributed by atoms with E-state index in [-0.39, 0.29) is 29.7 Å². The molecule has 1 fully saturated rings. The summed E-state index contributed by atoms with van der Waals surface area (Å²) in [5.41, 5.74) is -0.0434. The number of fused-ring (bicyclic) bond motifs is 1. The van der Waals surface area contributed by atoms with Crippen molar-refractivity contribution < 1.29 is 23.9 Å². The zero-order valence-corrected chi connectivity index (χ0v) is 20.6. The third kappa shape index (κ3) is 5.18. The molecule has 2 N–H and O–H groups in total. The molecule has 1 aromatic carbocycles. The first-order valence-electron chi connectivity index (χ1n) is 10.7. The number of amides is 3. The summed E-state index contributed by atoms with van der Waals surface area (Å²) in [7, 11) is 0. The fourth-order valence-corrected chi connectivity index (χ4v) is 5.61. The van der Waals surface area contributed by atoms with E-state index in [1.54, 1.807) is 51.1 Å². The summed E-state index contributed by atoms with van der Waals surface area (Å²) >= 11 is 2.84. The Morgan fingerprint density at radius 2 is 1.85 bits per heavy atom. The summed E-state index contributed by atoms with van der Waals surface area (Å²) in [4.78, 5) is 53.6. The van der Waals surface area contributed by atoms with E-state index < -0.39 is 28.9 Å². The Balaban J connectivity index is 1.55. The molecule has 8 nitrogen and oxygen atoms in total. The van der Waals surface area contributed by atoms with Crippen LogP contribution in [0.15, 0.2) is 59.2 Å². The summed E-state index contributed by atoms with van der Waals surface area (Å²) in [6, 6.07) is 11.6. The molecule has 0 aliphatic carbocycles. The summed E-state index contributed by atoms with van der Waals surface area (Å²) in [6.45, 7) is 5.19. The summed E-state index contributed by atoms with van der Waals surface area (Å²) in [6.07, 6.45) is 0.186. The van der Waals surface area contributed by atoms with Crippen LogP contribution >= 0.6 is 23.1 Å². The van der Waals surface area contributed by atoms with E-state index in [0.29, 0.717) is 11.3 Å². The molecule has 2 aliphatic rings. The van der Waals surface area contributed by atoms with Crippen molar-refractivity contribution in [2.45, 2.75) is 44.2 Å². The number of thioether (sulfide) groups is 1. The van der Waals surface area contributed by atoms with Crippen LogP contribution in [0, 0.1) is 0 Å². The fourth-order valence-electron chi connectivity index (χ4n) is 3.63. The van der Waals surface area contributed by atoms with Crippen molar-refractivity contribution in [3.05, 3.63) is 69.7 Å². The van der Waals surface area contributed by atoms with Crippen LogP contribution in [0.4, 0.5) is 0 Å². The van der Waals surface area contributed by atoms with Crippen LogP contribution in [0.2, 0.25) is 0 Å². The Bertz CT molecular complexity index is 1140. The number of carbonyl (C=O) groups excluding carboxylic acids is 4. The van der Waals surface area contributed by atoms with Gasteiger partial charge in [-0.1, -0.05) is 24.3 Å². The Morgan fingerprint density at radius 1 is 1.12 bits per heavy atom. The molecular formula is C24H25N3O5S2. The number of esters is 1. The Hall–Kier alpha value is -3.11. The van der Waals surface area contributed by atoms with Crippen molar-refractivity contribution >= 4 is 46.8 Å². The van der Waals surface area contributed by atoms with E-state index in [1.807, 2.05) is 17.5 Å². The van der Waals surface area contributed by atoms with Crippen LogP contribution in [0.3, 0.4) is 0 Å². The highest BCUT2D eigenvalue weighted by Crippen LogP contribution is 2.40. The van der Waals surface area contributed by atoms with Gasteiger partial charge in [0, 0.05) is 16.2 Å². The smallest absolute Gasteiger partial charge is 0.357 e. The summed E-state index contributed by atoms with van der Waals surface area (Å²) in [5, 5.41) is 7.00. The lowest BCUT2D eigenvalue weighted by Crippen LogP contribution is -2.71. The van der Waals surface area contributed by atoms with Gasteiger partial charge in [-0.15, -0.1) is 23.1 Å². The number of thiophene rings is 1. The molecule has 1 aromatic heterocycles. The highest BCUT2D eigenvalue weighted by atomic mass is 32.2. The lowest BCUT2D eigenvalue weighted by Gasteiger charge is -2.49. The number of β-lactam (4-membered cyclic amide) rings is 1. The molecule has 2 atom stereocenters. The van der Waals surface area contributed by atoms with Crippen molar-refractivity contribution in [2.75, 3.05) is 5.75 Å². The monoisotopic (exact) mass is 499 g/mol. The first kappa shape index (κ1) is 24.0. The molecule has 10 heteroatoms. The Kier molecular flexibility index (Phi) is 6.81. The van der Waals surface area contributed by atoms with Gasteiger partial charge in [0.15, 0.2) is 5.70 Å². The summed E-state index contributed by atoms with van der Waals surface area (Å²) < 4.78 is 5.54. The number of rotatable bonds is 6. The van der Waals surface area contributed by atoms with Gasteiger partial charge in [-0.2, -0.15) is 0 Å².